The van der Waals surface area contributed by atoms with Crippen LogP contribution in [-0.2, 0) is 7.05 Å². The zero-order valence-electron chi connectivity index (χ0n) is 12.9. The molecule has 1 N–H and O–H groups in total. The fraction of sp³-hybridized carbons (Fsp3) is 0.600. The van der Waals surface area contributed by atoms with Gasteiger partial charge < -0.3 is 19.5 Å². The number of aromatic nitrogens is 1. The number of piperidine rings is 1. The molecule has 0 radical (unpaired) electrons. The summed E-state index contributed by atoms with van der Waals surface area (Å²) in [5.41, 5.74) is 0.807. The Hall–Kier alpha value is -1.98. The van der Waals surface area contributed by atoms with Crippen LogP contribution in [0.2, 0.25) is 0 Å². The Morgan fingerprint density at radius 3 is 2.62 bits per heavy atom. The average Bonchev–Trinajstić information content (AvgIpc) is 2.45. The predicted octanol–water partition coefficient (Wildman–Crippen LogP) is 1.27. The Balaban J connectivity index is 1.92. The maximum atomic E-state index is 11.7. The first-order valence-electron chi connectivity index (χ1n) is 7.38. The Kier molecular flexibility index (Phi) is 4.88. The van der Waals surface area contributed by atoms with Crippen molar-refractivity contribution in [2.24, 2.45) is 7.05 Å². The molecule has 0 bridgehead atoms. The molecule has 116 valence electrons. The molecule has 1 saturated heterocycles. The van der Waals surface area contributed by atoms with Crippen molar-refractivity contribution in [3.8, 4) is 5.75 Å². The summed E-state index contributed by atoms with van der Waals surface area (Å²) in [4.78, 5) is 25.3. The Bertz CT molecular complexity index is 560. The lowest BCUT2D eigenvalue weighted by atomic mass is 10.1. The molecule has 1 aromatic rings. The standard InChI is InChI=1S/C15H23N3O3/c1-4-16-15(20)18-7-5-12(6-8-18)21-13-9-11(2)17(3)14(19)10-13/h9-10,12H,4-8H2,1-3H3,(H,16,20). The molecule has 1 aromatic heterocycles. The quantitative estimate of drug-likeness (QED) is 0.912. The van der Waals surface area contributed by atoms with E-state index >= 15 is 0 Å². The van der Waals surface area contributed by atoms with Crippen molar-refractivity contribution in [3.05, 3.63) is 28.2 Å². The first-order valence-corrected chi connectivity index (χ1v) is 7.38. The van der Waals surface area contributed by atoms with Gasteiger partial charge in [-0.1, -0.05) is 0 Å². The van der Waals surface area contributed by atoms with Crippen LogP contribution in [0.25, 0.3) is 0 Å². The number of amides is 2. The van der Waals surface area contributed by atoms with E-state index in [0.29, 0.717) is 25.4 Å². The summed E-state index contributed by atoms with van der Waals surface area (Å²) in [5.74, 6) is 0.618. The van der Waals surface area contributed by atoms with Crippen molar-refractivity contribution in [1.29, 1.82) is 0 Å². The summed E-state index contributed by atoms with van der Waals surface area (Å²) in [6.45, 7) is 5.79. The molecular weight excluding hydrogens is 270 g/mol. The third-order valence-corrected chi connectivity index (χ3v) is 3.84. The zero-order valence-corrected chi connectivity index (χ0v) is 12.9. The molecule has 2 amide bonds. The fourth-order valence-electron chi connectivity index (χ4n) is 2.44. The van der Waals surface area contributed by atoms with Crippen molar-refractivity contribution in [2.45, 2.75) is 32.8 Å². The van der Waals surface area contributed by atoms with Crippen LogP contribution in [0.1, 0.15) is 25.5 Å². The van der Waals surface area contributed by atoms with Crippen LogP contribution in [0.3, 0.4) is 0 Å². The average molecular weight is 293 g/mol. The molecule has 1 aliphatic rings. The highest BCUT2D eigenvalue weighted by molar-refractivity contribution is 5.74. The number of hydrogen-bond acceptors (Lipinski definition) is 3. The summed E-state index contributed by atoms with van der Waals surface area (Å²) in [5, 5.41) is 2.80. The second-order valence-electron chi connectivity index (χ2n) is 5.37. The Labute approximate surface area is 124 Å². The number of pyridine rings is 1. The molecular formula is C15H23N3O3. The van der Waals surface area contributed by atoms with Crippen molar-refractivity contribution < 1.29 is 9.53 Å². The number of hydrogen-bond donors (Lipinski definition) is 1. The van der Waals surface area contributed by atoms with Gasteiger partial charge in [0.05, 0.1) is 0 Å². The minimum atomic E-state index is -0.0650. The van der Waals surface area contributed by atoms with Crippen LogP contribution < -0.4 is 15.6 Å². The number of nitrogens with zero attached hydrogens (tertiary/aromatic N) is 2. The van der Waals surface area contributed by atoms with E-state index in [1.54, 1.807) is 16.5 Å². The zero-order chi connectivity index (χ0) is 15.4. The molecule has 0 aromatic carbocycles. The van der Waals surface area contributed by atoms with E-state index in [9.17, 15) is 9.59 Å². The number of nitrogens with one attached hydrogen (secondary N) is 1. The molecule has 21 heavy (non-hydrogen) atoms. The normalized spacial score (nSPS) is 15.9. The third kappa shape index (κ3) is 3.77. The molecule has 0 aliphatic carbocycles. The molecule has 2 heterocycles. The van der Waals surface area contributed by atoms with Crippen molar-refractivity contribution in [2.75, 3.05) is 19.6 Å². The maximum absolute atomic E-state index is 11.7. The molecule has 0 spiro atoms. The molecule has 2 rings (SSSR count). The van der Waals surface area contributed by atoms with Crippen LogP contribution >= 0.6 is 0 Å². The van der Waals surface area contributed by atoms with Gasteiger partial charge in [0.25, 0.3) is 5.56 Å². The molecule has 0 saturated carbocycles. The first-order chi connectivity index (χ1) is 10.0. The molecule has 1 fully saturated rings. The van der Waals surface area contributed by atoms with Gasteiger partial charge in [-0.3, -0.25) is 4.79 Å². The topological polar surface area (TPSA) is 63.6 Å². The van der Waals surface area contributed by atoms with E-state index in [-0.39, 0.29) is 17.7 Å². The van der Waals surface area contributed by atoms with E-state index in [0.717, 1.165) is 18.5 Å². The van der Waals surface area contributed by atoms with Gasteiger partial charge in [-0.15, -0.1) is 0 Å². The number of carbonyl (C=O) groups is 1. The summed E-state index contributed by atoms with van der Waals surface area (Å²) in [6, 6.07) is 3.38. The highest BCUT2D eigenvalue weighted by Gasteiger charge is 2.23. The second-order valence-corrected chi connectivity index (χ2v) is 5.37. The van der Waals surface area contributed by atoms with Gasteiger partial charge in [-0.05, 0) is 19.9 Å². The highest BCUT2D eigenvalue weighted by atomic mass is 16.5. The minimum Gasteiger partial charge on any atom is -0.490 e. The number of carbonyl (C=O) groups excluding carboxylic acids is 1. The summed E-state index contributed by atoms with van der Waals surface area (Å²) in [7, 11) is 1.74. The van der Waals surface area contributed by atoms with E-state index in [2.05, 4.69) is 5.32 Å². The Morgan fingerprint density at radius 2 is 2.05 bits per heavy atom. The van der Waals surface area contributed by atoms with Gasteiger partial charge in [0, 0.05) is 51.3 Å². The largest absolute Gasteiger partial charge is 0.490 e. The van der Waals surface area contributed by atoms with Crippen LogP contribution in [0.15, 0.2) is 16.9 Å². The lowest BCUT2D eigenvalue weighted by molar-refractivity contribution is 0.111. The van der Waals surface area contributed by atoms with E-state index in [4.69, 9.17) is 4.74 Å². The maximum Gasteiger partial charge on any atom is 0.317 e. The van der Waals surface area contributed by atoms with Crippen LogP contribution in [-0.4, -0.2) is 41.2 Å². The van der Waals surface area contributed by atoms with E-state index in [1.807, 2.05) is 19.9 Å². The number of rotatable bonds is 3. The highest BCUT2D eigenvalue weighted by Crippen LogP contribution is 2.18. The summed E-state index contributed by atoms with van der Waals surface area (Å²) < 4.78 is 7.48. The molecule has 6 nitrogen and oxygen atoms in total. The molecule has 6 heteroatoms. The summed E-state index contributed by atoms with van der Waals surface area (Å²) in [6.07, 6.45) is 1.62. The number of ether oxygens (including phenoxy) is 1. The van der Waals surface area contributed by atoms with Gasteiger partial charge >= 0.3 is 6.03 Å². The van der Waals surface area contributed by atoms with Gasteiger partial charge in [-0.25, -0.2) is 4.79 Å². The molecule has 1 aliphatic heterocycles. The second kappa shape index (κ2) is 6.65. The van der Waals surface area contributed by atoms with Gasteiger partial charge in [-0.2, -0.15) is 0 Å². The van der Waals surface area contributed by atoms with Crippen molar-refractivity contribution in [1.82, 2.24) is 14.8 Å². The summed E-state index contributed by atoms with van der Waals surface area (Å²) >= 11 is 0. The van der Waals surface area contributed by atoms with Gasteiger partial charge in [0.15, 0.2) is 0 Å². The number of aryl methyl sites for hydroxylation is 1. The smallest absolute Gasteiger partial charge is 0.317 e. The molecule has 0 atom stereocenters. The lowest BCUT2D eigenvalue weighted by Gasteiger charge is -2.32. The van der Waals surface area contributed by atoms with Crippen molar-refractivity contribution >= 4 is 6.03 Å². The number of likely N-dealkylation sites (tertiary alicyclic amines) is 1. The van der Waals surface area contributed by atoms with E-state index in [1.165, 1.54) is 6.07 Å². The lowest BCUT2D eigenvalue weighted by Crippen LogP contribution is -2.46. The number of urea groups is 1. The van der Waals surface area contributed by atoms with Gasteiger partial charge in [0.1, 0.15) is 11.9 Å². The van der Waals surface area contributed by atoms with Gasteiger partial charge in [0.2, 0.25) is 0 Å². The van der Waals surface area contributed by atoms with E-state index < -0.39 is 0 Å². The van der Waals surface area contributed by atoms with Crippen LogP contribution in [0.5, 0.6) is 5.75 Å². The first kappa shape index (κ1) is 15.4. The van der Waals surface area contributed by atoms with Crippen molar-refractivity contribution in [3.63, 3.8) is 0 Å². The van der Waals surface area contributed by atoms with Crippen LogP contribution in [0, 0.1) is 6.92 Å². The predicted molar refractivity (Wildman–Crippen MR) is 80.7 cm³/mol. The SMILES string of the molecule is CCNC(=O)N1CCC(Oc2cc(C)n(C)c(=O)c2)CC1. The Morgan fingerprint density at radius 1 is 1.38 bits per heavy atom. The fourth-order valence-corrected chi connectivity index (χ4v) is 2.44. The minimum absolute atomic E-state index is 0.0135. The third-order valence-electron chi connectivity index (χ3n) is 3.84. The monoisotopic (exact) mass is 293 g/mol. The van der Waals surface area contributed by atoms with Crippen LogP contribution in [0.4, 0.5) is 4.79 Å². The molecule has 0 unspecified atom stereocenters.